The summed E-state index contributed by atoms with van der Waals surface area (Å²) in [5.41, 5.74) is 0.661. The fourth-order valence-corrected chi connectivity index (χ4v) is 1.62. The second-order valence-corrected chi connectivity index (χ2v) is 3.46. The van der Waals surface area contributed by atoms with Crippen LogP contribution in [0.4, 0.5) is 0 Å². The zero-order valence-electron chi connectivity index (χ0n) is 6.80. The molecule has 2 aliphatic rings. The fourth-order valence-electron chi connectivity index (χ4n) is 1.43. The van der Waals surface area contributed by atoms with Gasteiger partial charge in [-0.05, 0) is 12.2 Å². The van der Waals surface area contributed by atoms with E-state index in [0.717, 1.165) is 0 Å². The molecular formula is C7H10N2O3S. The molecule has 72 valence electrons. The summed E-state index contributed by atoms with van der Waals surface area (Å²) in [6.07, 6.45) is -2.22. The van der Waals surface area contributed by atoms with Gasteiger partial charge in [-0.3, -0.25) is 0 Å². The van der Waals surface area contributed by atoms with Crippen molar-refractivity contribution in [2.75, 3.05) is 13.2 Å². The van der Waals surface area contributed by atoms with E-state index in [1.54, 1.807) is 0 Å². The molecule has 6 heteroatoms. The molecule has 0 radical (unpaired) electrons. The second-order valence-electron chi connectivity index (χ2n) is 3.07. The molecule has 5 nitrogen and oxygen atoms in total. The molecule has 1 fully saturated rings. The van der Waals surface area contributed by atoms with Crippen molar-refractivity contribution in [1.29, 1.82) is 0 Å². The van der Waals surface area contributed by atoms with Crippen LogP contribution in [0.3, 0.4) is 0 Å². The van der Waals surface area contributed by atoms with Gasteiger partial charge in [-0.2, -0.15) is 0 Å². The highest BCUT2D eigenvalue weighted by atomic mass is 32.1. The summed E-state index contributed by atoms with van der Waals surface area (Å²) in [4.78, 5) is 4.00. The SMILES string of the molecule is O[C@@H]1[C@H](O)CO[C@H]1C1=NC(=S)NC1. The Kier molecular flexibility index (Phi) is 2.29. The fraction of sp³-hybridized carbons (Fsp3) is 0.714. The summed E-state index contributed by atoms with van der Waals surface area (Å²) in [5, 5.41) is 21.9. The minimum atomic E-state index is -0.888. The van der Waals surface area contributed by atoms with Crippen LogP contribution in [-0.4, -0.2) is 52.5 Å². The standard InChI is InChI=1S/C7H10N2O3S/c10-4-2-12-6(5(4)11)3-1-8-7(13)9-3/h4-6,10-11H,1-2H2,(H,8,13)/t4-,5-,6+/m1/s1. The predicted molar refractivity (Wildman–Crippen MR) is 49.8 cm³/mol. The third kappa shape index (κ3) is 1.58. The first kappa shape index (κ1) is 9.01. The van der Waals surface area contributed by atoms with E-state index in [1.165, 1.54) is 0 Å². The Morgan fingerprint density at radius 1 is 1.54 bits per heavy atom. The lowest BCUT2D eigenvalue weighted by atomic mass is 10.1. The number of rotatable bonds is 1. The van der Waals surface area contributed by atoms with Gasteiger partial charge < -0.3 is 20.3 Å². The van der Waals surface area contributed by atoms with Crippen LogP contribution < -0.4 is 5.32 Å². The van der Waals surface area contributed by atoms with Crippen molar-refractivity contribution in [2.45, 2.75) is 18.3 Å². The average Bonchev–Trinajstić information content (AvgIpc) is 2.62. The molecule has 13 heavy (non-hydrogen) atoms. The van der Waals surface area contributed by atoms with Crippen molar-refractivity contribution >= 4 is 23.0 Å². The van der Waals surface area contributed by atoms with Crippen LogP contribution in [0, 0.1) is 0 Å². The van der Waals surface area contributed by atoms with Crippen LogP contribution in [0.25, 0.3) is 0 Å². The molecule has 2 aliphatic heterocycles. The Balaban J connectivity index is 2.10. The summed E-state index contributed by atoms with van der Waals surface area (Å²) in [6, 6.07) is 0. The van der Waals surface area contributed by atoms with Gasteiger partial charge in [0.2, 0.25) is 0 Å². The van der Waals surface area contributed by atoms with E-state index in [-0.39, 0.29) is 6.61 Å². The normalized spacial score (nSPS) is 39.1. The molecule has 1 saturated heterocycles. The molecule has 2 heterocycles. The lowest BCUT2D eigenvalue weighted by Crippen LogP contribution is -2.37. The molecule has 0 spiro atoms. The van der Waals surface area contributed by atoms with Crippen LogP contribution in [0.15, 0.2) is 4.99 Å². The minimum absolute atomic E-state index is 0.150. The lowest BCUT2D eigenvalue weighted by Gasteiger charge is -2.13. The number of hydrogen-bond acceptors (Lipinski definition) is 4. The van der Waals surface area contributed by atoms with Gasteiger partial charge >= 0.3 is 0 Å². The number of nitrogens with zero attached hydrogens (tertiary/aromatic N) is 1. The van der Waals surface area contributed by atoms with Crippen LogP contribution in [0.5, 0.6) is 0 Å². The second kappa shape index (κ2) is 3.30. The molecule has 0 bridgehead atoms. The van der Waals surface area contributed by atoms with Gasteiger partial charge in [0.15, 0.2) is 5.11 Å². The van der Waals surface area contributed by atoms with Gasteiger partial charge in [0, 0.05) is 0 Å². The smallest absolute Gasteiger partial charge is 0.193 e. The molecule has 3 N–H and O–H groups in total. The summed E-state index contributed by atoms with van der Waals surface area (Å²) in [7, 11) is 0. The number of ether oxygens (including phenoxy) is 1. The van der Waals surface area contributed by atoms with Crippen LogP contribution in [-0.2, 0) is 4.74 Å². The van der Waals surface area contributed by atoms with Crippen LogP contribution in [0.2, 0.25) is 0 Å². The van der Waals surface area contributed by atoms with E-state index >= 15 is 0 Å². The Labute approximate surface area is 80.4 Å². The molecule has 0 aromatic heterocycles. The summed E-state index contributed by atoms with van der Waals surface area (Å²) in [6.45, 7) is 0.644. The molecule has 0 saturated carbocycles. The van der Waals surface area contributed by atoms with E-state index in [4.69, 9.17) is 17.0 Å². The first-order chi connectivity index (χ1) is 6.18. The van der Waals surface area contributed by atoms with E-state index in [0.29, 0.717) is 17.4 Å². The number of aliphatic hydroxyl groups is 2. The maximum Gasteiger partial charge on any atom is 0.193 e. The number of aliphatic imine (C=N–C) groups is 1. The van der Waals surface area contributed by atoms with Gasteiger partial charge in [0.05, 0.1) is 18.9 Å². The largest absolute Gasteiger partial charge is 0.388 e. The van der Waals surface area contributed by atoms with Crippen molar-refractivity contribution in [2.24, 2.45) is 4.99 Å². The van der Waals surface area contributed by atoms with E-state index in [9.17, 15) is 10.2 Å². The van der Waals surface area contributed by atoms with Gasteiger partial charge in [-0.25, -0.2) is 4.99 Å². The molecule has 2 rings (SSSR count). The topological polar surface area (TPSA) is 74.1 Å². The summed E-state index contributed by atoms with van der Waals surface area (Å²) in [5.74, 6) is 0. The minimum Gasteiger partial charge on any atom is -0.388 e. The number of nitrogens with one attached hydrogen (secondary N) is 1. The molecular weight excluding hydrogens is 192 g/mol. The number of thiocarbonyl (C=S) groups is 1. The summed E-state index contributed by atoms with van der Waals surface area (Å²) < 4.78 is 5.18. The first-order valence-corrected chi connectivity index (χ1v) is 4.42. The highest BCUT2D eigenvalue weighted by molar-refractivity contribution is 7.80. The molecule has 0 aromatic rings. The molecule has 0 aliphatic carbocycles. The molecule has 0 amide bonds. The van der Waals surface area contributed by atoms with Gasteiger partial charge in [0.1, 0.15) is 18.3 Å². The maximum atomic E-state index is 9.48. The summed E-state index contributed by atoms with van der Waals surface area (Å²) >= 11 is 4.80. The Bertz CT molecular complexity index is 268. The highest BCUT2D eigenvalue weighted by Gasteiger charge is 2.38. The van der Waals surface area contributed by atoms with Crippen molar-refractivity contribution in [1.82, 2.24) is 5.32 Å². The zero-order valence-corrected chi connectivity index (χ0v) is 7.62. The molecule has 0 unspecified atom stereocenters. The third-order valence-corrected chi connectivity index (χ3v) is 2.38. The first-order valence-electron chi connectivity index (χ1n) is 4.01. The van der Waals surface area contributed by atoms with E-state index in [1.807, 2.05) is 0 Å². The quantitative estimate of drug-likeness (QED) is 0.448. The Morgan fingerprint density at radius 3 is 2.77 bits per heavy atom. The average molecular weight is 202 g/mol. The number of aliphatic hydroxyl groups excluding tert-OH is 2. The monoisotopic (exact) mass is 202 g/mol. The lowest BCUT2D eigenvalue weighted by molar-refractivity contribution is 0.0470. The van der Waals surface area contributed by atoms with Crippen LogP contribution >= 0.6 is 12.2 Å². The number of hydrogen-bond donors (Lipinski definition) is 3. The third-order valence-electron chi connectivity index (χ3n) is 2.15. The van der Waals surface area contributed by atoms with Crippen molar-refractivity contribution < 1.29 is 14.9 Å². The van der Waals surface area contributed by atoms with Crippen molar-refractivity contribution in [3.8, 4) is 0 Å². The zero-order chi connectivity index (χ0) is 9.42. The van der Waals surface area contributed by atoms with E-state index < -0.39 is 18.3 Å². The van der Waals surface area contributed by atoms with Crippen molar-refractivity contribution in [3.63, 3.8) is 0 Å². The van der Waals surface area contributed by atoms with E-state index in [2.05, 4.69) is 10.3 Å². The van der Waals surface area contributed by atoms with Crippen LogP contribution in [0.1, 0.15) is 0 Å². The molecule has 0 aromatic carbocycles. The van der Waals surface area contributed by atoms with Crippen molar-refractivity contribution in [3.05, 3.63) is 0 Å². The maximum absolute atomic E-state index is 9.48. The Hall–Kier alpha value is -0.560. The van der Waals surface area contributed by atoms with Gasteiger partial charge in [-0.1, -0.05) is 0 Å². The predicted octanol–water partition coefficient (Wildman–Crippen LogP) is -1.56. The highest BCUT2D eigenvalue weighted by Crippen LogP contribution is 2.16. The molecule has 3 atom stereocenters. The Morgan fingerprint density at radius 2 is 2.31 bits per heavy atom. The van der Waals surface area contributed by atoms with Gasteiger partial charge in [0.25, 0.3) is 0 Å². The van der Waals surface area contributed by atoms with Gasteiger partial charge in [-0.15, -0.1) is 0 Å².